The van der Waals surface area contributed by atoms with Crippen molar-refractivity contribution in [3.63, 3.8) is 0 Å². The van der Waals surface area contributed by atoms with Crippen molar-refractivity contribution in [2.75, 3.05) is 5.32 Å². The molecule has 1 saturated carbocycles. The van der Waals surface area contributed by atoms with E-state index in [0.717, 1.165) is 5.92 Å². The molecular formula is C13H20N2. The maximum atomic E-state index is 4.17. The highest BCUT2D eigenvalue weighted by atomic mass is 14.9. The Kier molecular flexibility index (Phi) is 3.24. The summed E-state index contributed by atoms with van der Waals surface area (Å²) in [7, 11) is 0. The number of anilines is 1. The minimum atomic E-state index is 0.650. The van der Waals surface area contributed by atoms with Crippen molar-refractivity contribution in [3.05, 3.63) is 24.0 Å². The predicted molar refractivity (Wildman–Crippen MR) is 64.0 cm³/mol. The Balaban J connectivity index is 1.99. The van der Waals surface area contributed by atoms with Crippen LogP contribution in [0, 0.1) is 12.8 Å². The van der Waals surface area contributed by atoms with Gasteiger partial charge in [0, 0.05) is 12.2 Å². The van der Waals surface area contributed by atoms with E-state index in [1.54, 1.807) is 0 Å². The number of rotatable bonds is 2. The molecule has 0 bridgehead atoms. The molecule has 0 spiro atoms. The van der Waals surface area contributed by atoms with Crippen LogP contribution in [0.1, 0.15) is 38.2 Å². The normalized spacial score (nSPS) is 26.3. The van der Waals surface area contributed by atoms with Crippen LogP contribution < -0.4 is 5.32 Å². The molecule has 1 heterocycles. The smallest absolute Gasteiger partial charge is 0.0558 e. The molecule has 1 aliphatic rings. The lowest BCUT2D eigenvalue weighted by Gasteiger charge is -2.28. The number of hydrogen-bond acceptors (Lipinski definition) is 2. The van der Waals surface area contributed by atoms with E-state index in [-0.39, 0.29) is 0 Å². The highest BCUT2D eigenvalue weighted by Crippen LogP contribution is 2.26. The maximum Gasteiger partial charge on any atom is 0.0558 e. The van der Waals surface area contributed by atoms with Gasteiger partial charge in [-0.1, -0.05) is 19.8 Å². The fraction of sp³-hybridized carbons (Fsp3) is 0.615. The molecule has 0 aliphatic heterocycles. The van der Waals surface area contributed by atoms with E-state index >= 15 is 0 Å². The average Bonchev–Trinajstić information content (AvgIpc) is 2.22. The Bertz CT molecular complexity index is 322. The topological polar surface area (TPSA) is 24.9 Å². The predicted octanol–water partition coefficient (Wildman–Crippen LogP) is 3.38. The van der Waals surface area contributed by atoms with E-state index in [1.165, 1.54) is 36.9 Å². The zero-order valence-corrected chi connectivity index (χ0v) is 9.66. The van der Waals surface area contributed by atoms with Crippen LogP contribution in [-0.2, 0) is 0 Å². The van der Waals surface area contributed by atoms with E-state index in [1.807, 2.05) is 12.4 Å². The third kappa shape index (κ3) is 2.71. The van der Waals surface area contributed by atoms with Gasteiger partial charge in [0.1, 0.15) is 0 Å². The number of pyridine rings is 1. The summed E-state index contributed by atoms with van der Waals surface area (Å²) in [6.45, 7) is 4.49. The molecule has 2 atom stereocenters. The van der Waals surface area contributed by atoms with Crippen molar-refractivity contribution in [3.8, 4) is 0 Å². The molecule has 2 nitrogen and oxygen atoms in total. The number of aryl methyl sites for hydroxylation is 1. The Morgan fingerprint density at radius 1 is 1.40 bits per heavy atom. The zero-order valence-electron chi connectivity index (χ0n) is 9.66. The van der Waals surface area contributed by atoms with Gasteiger partial charge in [-0.2, -0.15) is 0 Å². The lowest BCUT2D eigenvalue weighted by molar-refractivity contribution is 0.358. The Morgan fingerprint density at radius 2 is 2.27 bits per heavy atom. The van der Waals surface area contributed by atoms with E-state index in [4.69, 9.17) is 0 Å². The summed E-state index contributed by atoms with van der Waals surface area (Å²) in [5, 5.41) is 3.62. The molecule has 1 aliphatic carbocycles. The second-order valence-electron chi connectivity index (χ2n) is 4.80. The van der Waals surface area contributed by atoms with Gasteiger partial charge in [0.25, 0.3) is 0 Å². The van der Waals surface area contributed by atoms with Crippen LogP contribution in [0.15, 0.2) is 18.5 Å². The summed E-state index contributed by atoms with van der Waals surface area (Å²) in [6, 6.07) is 2.71. The van der Waals surface area contributed by atoms with E-state index in [9.17, 15) is 0 Å². The van der Waals surface area contributed by atoms with E-state index in [0.29, 0.717) is 6.04 Å². The van der Waals surface area contributed by atoms with Gasteiger partial charge in [-0.05, 0) is 37.3 Å². The van der Waals surface area contributed by atoms with Crippen molar-refractivity contribution < 1.29 is 0 Å². The molecule has 1 fully saturated rings. The first-order valence-electron chi connectivity index (χ1n) is 5.93. The minimum absolute atomic E-state index is 0.650. The van der Waals surface area contributed by atoms with Gasteiger partial charge in [0.2, 0.25) is 0 Å². The molecule has 15 heavy (non-hydrogen) atoms. The maximum absolute atomic E-state index is 4.17. The Morgan fingerprint density at radius 3 is 3.00 bits per heavy atom. The van der Waals surface area contributed by atoms with Crippen LogP contribution in [-0.4, -0.2) is 11.0 Å². The lowest BCUT2D eigenvalue weighted by atomic mass is 9.87. The van der Waals surface area contributed by atoms with Crippen LogP contribution in [0.2, 0.25) is 0 Å². The van der Waals surface area contributed by atoms with Crippen LogP contribution >= 0.6 is 0 Å². The Hall–Kier alpha value is -1.05. The van der Waals surface area contributed by atoms with Crippen LogP contribution in [0.25, 0.3) is 0 Å². The Labute approximate surface area is 92.1 Å². The first-order valence-corrected chi connectivity index (χ1v) is 5.93. The summed E-state index contributed by atoms with van der Waals surface area (Å²) >= 11 is 0. The van der Waals surface area contributed by atoms with E-state index in [2.05, 4.69) is 30.2 Å². The molecule has 1 aromatic rings. The molecule has 0 saturated heterocycles. The summed E-state index contributed by atoms with van der Waals surface area (Å²) in [5.41, 5.74) is 2.50. The number of nitrogens with one attached hydrogen (secondary N) is 1. The van der Waals surface area contributed by atoms with Gasteiger partial charge in [-0.3, -0.25) is 4.98 Å². The van der Waals surface area contributed by atoms with Crippen molar-refractivity contribution in [1.29, 1.82) is 0 Å². The standard InChI is InChI=1S/C13H20N2/c1-10-4-3-5-12(8-10)15-13-9-14-7-6-11(13)2/h6-7,9-10,12,15H,3-5,8H2,1-2H3/t10-,12-/m1/s1. The zero-order chi connectivity index (χ0) is 10.7. The number of aromatic nitrogens is 1. The SMILES string of the molecule is Cc1ccncc1N[C@@H]1CCC[C@@H](C)C1. The summed E-state index contributed by atoms with van der Waals surface area (Å²) < 4.78 is 0. The molecule has 0 aromatic carbocycles. The highest BCUT2D eigenvalue weighted by Gasteiger charge is 2.18. The largest absolute Gasteiger partial charge is 0.381 e. The number of hydrogen-bond donors (Lipinski definition) is 1. The highest BCUT2D eigenvalue weighted by molar-refractivity contribution is 5.48. The number of nitrogens with zero attached hydrogens (tertiary/aromatic N) is 1. The second-order valence-corrected chi connectivity index (χ2v) is 4.80. The molecule has 0 radical (unpaired) electrons. The van der Waals surface area contributed by atoms with Gasteiger partial charge in [-0.25, -0.2) is 0 Å². The molecular weight excluding hydrogens is 184 g/mol. The van der Waals surface area contributed by atoms with Gasteiger partial charge in [-0.15, -0.1) is 0 Å². The third-order valence-electron chi connectivity index (χ3n) is 3.34. The van der Waals surface area contributed by atoms with E-state index < -0.39 is 0 Å². The summed E-state index contributed by atoms with van der Waals surface area (Å²) in [5.74, 6) is 0.869. The first kappa shape index (κ1) is 10.5. The molecule has 1 N–H and O–H groups in total. The summed E-state index contributed by atoms with van der Waals surface area (Å²) in [4.78, 5) is 4.17. The monoisotopic (exact) mass is 204 g/mol. The molecule has 0 amide bonds. The van der Waals surface area contributed by atoms with Crippen molar-refractivity contribution in [1.82, 2.24) is 4.98 Å². The van der Waals surface area contributed by atoms with Crippen LogP contribution in [0.4, 0.5) is 5.69 Å². The molecule has 82 valence electrons. The van der Waals surface area contributed by atoms with Gasteiger partial charge in [0.15, 0.2) is 0 Å². The first-order chi connectivity index (χ1) is 7.25. The molecule has 2 rings (SSSR count). The van der Waals surface area contributed by atoms with Gasteiger partial charge >= 0.3 is 0 Å². The minimum Gasteiger partial charge on any atom is -0.381 e. The van der Waals surface area contributed by atoms with Gasteiger partial charge < -0.3 is 5.32 Å². The molecule has 2 heteroatoms. The quantitative estimate of drug-likeness (QED) is 0.798. The second kappa shape index (κ2) is 4.65. The molecule has 1 aromatic heterocycles. The van der Waals surface area contributed by atoms with Crippen molar-refractivity contribution >= 4 is 5.69 Å². The third-order valence-corrected chi connectivity index (χ3v) is 3.34. The van der Waals surface area contributed by atoms with Crippen molar-refractivity contribution in [2.24, 2.45) is 5.92 Å². The van der Waals surface area contributed by atoms with Gasteiger partial charge in [0.05, 0.1) is 11.9 Å². The lowest BCUT2D eigenvalue weighted by Crippen LogP contribution is -2.26. The van der Waals surface area contributed by atoms with Crippen LogP contribution in [0.5, 0.6) is 0 Å². The summed E-state index contributed by atoms with van der Waals surface area (Å²) in [6.07, 6.45) is 9.15. The fourth-order valence-corrected chi connectivity index (χ4v) is 2.40. The van der Waals surface area contributed by atoms with Crippen molar-refractivity contribution in [2.45, 2.75) is 45.6 Å². The fourth-order valence-electron chi connectivity index (χ4n) is 2.40. The average molecular weight is 204 g/mol. The van der Waals surface area contributed by atoms with Crippen LogP contribution in [0.3, 0.4) is 0 Å². The molecule has 0 unspecified atom stereocenters.